The van der Waals surface area contributed by atoms with Gasteiger partial charge in [0.05, 0.1) is 5.69 Å². The Balaban J connectivity index is 2.20. The Morgan fingerprint density at radius 1 is 0.950 bits per heavy atom. The number of alkyl halides is 3. The Bertz CT molecular complexity index is 597. The molecule has 0 fully saturated rings. The van der Waals surface area contributed by atoms with E-state index in [9.17, 15) is 18.0 Å². The summed E-state index contributed by atoms with van der Waals surface area (Å²) in [4.78, 5) is 11.9. The lowest BCUT2D eigenvalue weighted by Gasteiger charge is -2.13. The maximum Gasteiger partial charge on any atom is 0.573 e. The molecular weight excluding hydrogens is 271 g/mol. The molecule has 2 aromatic rings. The third-order valence-corrected chi connectivity index (χ3v) is 2.40. The predicted octanol–water partition coefficient (Wildman–Crippen LogP) is 3.84. The molecule has 0 saturated carbocycles. The second kappa shape index (κ2) is 5.64. The number of ether oxygens (including phenoxy) is 1. The maximum atomic E-state index is 12.2. The number of amides is 1. The highest BCUT2D eigenvalue weighted by molar-refractivity contribution is 6.04. The molecule has 0 heterocycles. The molecule has 0 aliphatic rings. The zero-order chi connectivity index (χ0) is 14.6. The van der Waals surface area contributed by atoms with Crippen molar-refractivity contribution in [2.24, 2.45) is 0 Å². The van der Waals surface area contributed by atoms with Gasteiger partial charge in [-0.25, -0.2) is 0 Å². The van der Waals surface area contributed by atoms with E-state index >= 15 is 0 Å². The quantitative estimate of drug-likeness (QED) is 0.928. The van der Waals surface area contributed by atoms with Gasteiger partial charge < -0.3 is 10.1 Å². The van der Waals surface area contributed by atoms with Gasteiger partial charge in [-0.05, 0) is 24.3 Å². The largest absolute Gasteiger partial charge is 0.573 e. The van der Waals surface area contributed by atoms with Crippen LogP contribution in [0.3, 0.4) is 0 Å². The van der Waals surface area contributed by atoms with Crippen LogP contribution in [-0.2, 0) is 0 Å². The molecule has 1 amide bonds. The summed E-state index contributed by atoms with van der Waals surface area (Å²) in [6.45, 7) is 0. The first-order valence-corrected chi connectivity index (χ1v) is 5.67. The van der Waals surface area contributed by atoms with Crippen molar-refractivity contribution in [1.29, 1.82) is 0 Å². The van der Waals surface area contributed by atoms with Crippen LogP contribution in [0.5, 0.6) is 5.75 Å². The molecule has 0 saturated heterocycles. The van der Waals surface area contributed by atoms with Crippen LogP contribution in [0.2, 0.25) is 0 Å². The third-order valence-electron chi connectivity index (χ3n) is 2.40. The van der Waals surface area contributed by atoms with Crippen LogP contribution in [0.25, 0.3) is 0 Å². The first kappa shape index (κ1) is 13.9. The monoisotopic (exact) mass is 281 g/mol. The summed E-state index contributed by atoms with van der Waals surface area (Å²) in [5.74, 6) is -0.965. The van der Waals surface area contributed by atoms with E-state index in [1.54, 1.807) is 30.3 Å². The van der Waals surface area contributed by atoms with Crippen LogP contribution in [0.15, 0.2) is 54.6 Å². The molecule has 104 valence electrons. The van der Waals surface area contributed by atoms with Crippen LogP contribution >= 0.6 is 0 Å². The zero-order valence-corrected chi connectivity index (χ0v) is 10.1. The van der Waals surface area contributed by atoms with E-state index in [0.717, 1.165) is 6.07 Å². The van der Waals surface area contributed by atoms with Gasteiger partial charge in [0.2, 0.25) is 0 Å². The fourth-order valence-electron chi connectivity index (χ4n) is 1.57. The predicted molar refractivity (Wildman–Crippen MR) is 67.5 cm³/mol. The van der Waals surface area contributed by atoms with Crippen molar-refractivity contribution < 1.29 is 22.7 Å². The molecule has 0 spiro atoms. The first-order valence-electron chi connectivity index (χ1n) is 5.67. The highest BCUT2D eigenvalue weighted by Gasteiger charge is 2.32. The number of hydrogen-bond donors (Lipinski definition) is 1. The van der Waals surface area contributed by atoms with Crippen molar-refractivity contribution in [3.63, 3.8) is 0 Å². The van der Waals surface area contributed by atoms with Gasteiger partial charge in [0.15, 0.2) is 5.75 Å². The number of halogens is 3. The average Bonchev–Trinajstić information content (AvgIpc) is 2.40. The number of carbonyl (C=O) groups is 1. The molecule has 6 heteroatoms. The van der Waals surface area contributed by atoms with E-state index in [-0.39, 0.29) is 5.69 Å². The average molecular weight is 281 g/mol. The molecule has 3 nitrogen and oxygen atoms in total. The van der Waals surface area contributed by atoms with Gasteiger partial charge in [0.25, 0.3) is 5.91 Å². The second-order valence-corrected chi connectivity index (χ2v) is 3.86. The number of hydrogen-bond acceptors (Lipinski definition) is 2. The lowest BCUT2D eigenvalue weighted by Crippen LogP contribution is -2.19. The molecule has 2 aromatic carbocycles. The Labute approximate surface area is 113 Å². The van der Waals surface area contributed by atoms with Crippen molar-refractivity contribution in [3.05, 3.63) is 60.2 Å². The molecular formula is C14H10F3NO2. The number of carbonyl (C=O) groups excluding carboxylic acids is 1. The lowest BCUT2D eigenvalue weighted by atomic mass is 10.2. The van der Waals surface area contributed by atoms with Crippen molar-refractivity contribution >= 4 is 11.6 Å². The van der Waals surface area contributed by atoms with E-state index < -0.39 is 18.0 Å². The van der Waals surface area contributed by atoms with Crippen LogP contribution in [0, 0.1) is 0 Å². The van der Waals surface area contributed by atoms with Gasteiger partial charge in [-0.1, -0.05) is 30.3 Å². The number of rotatable bonds is 3. The Morgan fingerprint density at radius 2 is 1.55 bits per heavy atom. The third kappa shape index (κ3) is 3.74. The minimum Gasteiger partial charge on any atom is -0.404 e. The normalized spacial score (nSPS) is 10.9. The summed E-state index contributed by atoms with van der Waals surface area (Å²) >= 11 is 0. The molecule has 20 heavy (non-hydrogen) atoms. The summed E-state index contributed by atoms with van der Waals surface area (Å²) in [6.07, 6.45) is -4.81. The fourth-order valence-corrected chi connectivity index (χ4v) is 1.57. The van der Waals surface area contributed by atoms with E-state index in [1.807, 2.05) is 0 Å². The van der Waals surface area contributed by atoms with Crippen molar-refractivity contribution in [1.82, 2.24) is 0 Å². The van der Waals surface area contributed by atoms with Gasteiger partial charge in [-0.3, -0.25) is 4.79 Å². The van der Waals surface area contributed by atoms with Gasteiger partial charge in [0, 0.05) is 5.56 Å². The van der Waals surface area contributed by atoms with Gasteiger partial charge in [-0.15, -0.1) is 13.2 Å². The number of nitrogens with one attached hydrogen (secondary N) is 1. The summed E-state index contributed by atoms with van der Waals surface area (Å²) < 4.78 is 40.6. The highest BCUT2D eigenvalue weighted by Crippen LogP contribution is 2.30. The van der Waals surface area contributed by atoms with E-state index in [1.165, 1.54) is 18.2 Å². The fraction of sp³-hybridized carbons (Fsp3) is 0.0714. The number of para-hydroxylation sites is 2. The molecule has 0 atom stereocenters. The SMILES string of the molecule is O=C(Nc1ccccc1OC(F)(F)F)c1ccccc1. The molecule has 0 aliphatic heterocycles. The van der Waals surface area contributed by atoms with Gasteiger partial charge in [-0.2, -0.15) is 0 Å². The van der Waals surface area contributed by atoms with Crippen molar-refractivity contribution in [2.75, 3.05) is 5.32 Å². The zero-order valence-electron chi connectivity index (χ0n) is 10.1. The van der Waals surface area contributed by atoms with E-state index in [4.69, 9.17) is 0 Å². The molecule has 0 aliphatic carbocycles. The van der Waals surface area contributed by atoms with Crippen LogP contribution < -0.4 is 10.1 Å². The summed E-state index contributed by atoms with van der Waals surface area (Å²) in [6, 6.07) is 13.5. The van der Waals surface area contributed by atoms with Crippen molar-refractivity contribution in [3.8, 4) is 5.75 Å². The molecule has 0 unspecified atom stereocenters. The summed E-state index contributed by atoms with van der Waals surface area (Å²) in [5.41, 5.74) is 0.299. The Hall–Kier alpha value is -2.50. The minimum atomic E-state index is -4.81. The molecule has 0 aromatic heterocycles. The molecule has 2 rings (SSSR count). The standard InChI is InChI=1S/C14H10F3NO2/c15-14(16,17)20-12-9-5-4-8-11(12)18-13(19)10-6-2-1-3-7-10/h1-9H,(H,18,19). The Morgan fingerprint density at radius 3 is 2.20 bits per heavy atom. The molecule has 0 bridgehead atoms. The number of benzene rings is 2. The van der Waals surface area contributed by atoms with Crippen molar-refractivity contribution in [2.45, 2.75) is 6.36 Å². The minimum absolute atomic E-state index is 0.0429. The number of anilines is 1. The molecule has 1 N–H and O–H groups in total. The summed E-state index contributed by atoms with van der Waals surface area (Å²) in [7, 11) is 0. The highest BCUT2D eigenvalue weighted by atomic mass is 19.4. The molecule has 0 radical (unpaired) electrons. The topological polar surface area (TPSA) is 38.3 Å². The lowest BCUT2D eigenvalue weighted by molar-refractivity contribution is -0.274. The maximum absolute atomic E-state index is 12.2. The van der Waals surface area contributed by atoms with Crippen LogP contribution in [0.4, 0.5) is 18.9 Å². The van der Waals surface area contributed by atoms with Gasteiger partial charge in [0.1, 0.15) is 0 Å². The Kier molecular flexibility index (Phi) is 3.93. The summed E-state index contributed by atoms with van der Waals surface area (Å²) in [5, 5.41) is 2.39. The van der Waals surface area contributed by atoms with Gasteiger partial charge >= 0.3 is 6.36 Å². The van der Waals surface area contributed by atoms with E-state index in [2.05, 4.69) is 10.1 Å². The van der Waals surface area contributed by atoms with E-state index in [0.29, 0.717) is 5.56 Å². The first-order chi connectivity index (χ1) is 9.46. The van der Waals surface area contributed by atoms with Crippen LogP contribution in [-0.4, -0.2) is 12.3 Å². The van der Waals surface area contributed by atoms with Crippen LogP contribution in [0.1, 0.15) is 10.4 Å². The second-order valence-electron chi connectivity index (χ2n) is 3.86. The smallest absolute Gasteiger partial charge is 0.404 e.